The number of nitrogens with one attached hydrogen (secondary N) is 1. The fourth-order valence-corrected chi connectivity index (χ4v) is 3.59. The number of hydrogen-bond acceptors (Lipinski definition) is 5. The van der Waals surface area contributed by atoms with Gasteiger partial charge in [-0.1, -0.05) is 13.0 Å². The first-order valence-electron chi connectivity index (χ1n) is 5.74. The summed E-state index contributed by atoms with van der Waals surface area (Å²) < 4.78 is 25.2. The second kappa shape index (κ2) is 6.82. The third kappa shape index (κ3) is 4.29. The number of amides is 1. The molecule has 0 saturated heterocycles. The lowest BCUT2D eigenvalue weighted by molar-refractivity contribution is -0.141. The average molecular weight is 320 g/mol. The SMILES string of the molecule is CC(CNC(=O)CN(C)S(=O)(=O)c1cccs1)C(=O)O. The standard InChI is InChI=1S/C11H16N2O5S2/c1-8(11(15)16)6-12-9(14)7-13(2)20(17,18)10-4-3-5-19-10/h3-5,8H,6-7H2,1-2H3,(H,12,14)(H,15,16). The average Bonchev–Trinajstić information content (AvgIpc) is 2.89. The zero-order valence-electron chi connectivity index (χ0n) is 11.1. The summed E-state index contributed by atoms with van der Waals surface area (Å²) >= 11 is 1.07. The molecule has 0 bridgehead atoms. The number of aliphatic carboxylic acids is 1. The van der Waals surface area contributed by atoms with Crippen LogP contribution in [0.5, 0.6) is 0 Å². The van der Waals surface area contributed by atoms with Gasteiger partial charge in [0, 0.05) is 13.6 Å². The number of hydrogen-bond donors (Lipinski definition) is 2. The summed E-state index contributed by atoms with van der Waals surface area (Å²) in [5.41, 5.74) is 0. The molecule has 7 nitrogen and oxygen atoms in total. The largest absolute Gasteiger partial charge is 0.481 e. The molecule has 112 valence electrons. The fraction of sp³-hybridized carbons (Fsp3) is 0.455. The smallest absolute Gasteiger partial charge is 0.308 e. The topological polar surface area (TPSA) is 104 Å². The van der Waals surface area contributed by atoms with E-state index in [0.29, 0.717) is 0 Å². The Kier molecular flexibility index (Phi) is 5.66. The molecule has 9 heteroatoms. The van der Waals surface area contributed by atoms with Crippen LogP contribution in [-0.4, -0.2) is 49.8 Å². The Balaban J connectivity index is 2.56. The van der Waals surface area contributed by atoms with Gasteiger partial charge in [0.1, 0.15) is 4.21 Å². The lowest BCUT2D eigenvalue weighted by Gasteiger charge is -2.16. The van der Waals surface area contributed by atoms with Crippen LogP contribution >= 0.6 is 11.3 Å². The van der Waals surface area contributed by atoms with Gasteiger partial charge >= 0.3 is 5.97 Å². The van der Waals surface area contributed by atoms with Crippen molar-refractivity contribution >= 4 is 33.2 Å². The molecule has 2 N–H and O–H groups in total. The first-order chi connectivity index (χ1) is 9.25. The number of thiophene rings is 1. The van der Waals surface area contributed by atoms with Crippen molar-refractivity contribution in [3.05, 3.63) is 17.5 Å². The van der Waals surface area contributed by atoms with Crippen molar-refractivity contribution in [1.29, 1.82) is 0 Å². The number of carbonyl (C=O) groups excluding carboxylic acids is 1. The molecular weight excluding hydrogens is 304 g/mol. The number of rotatable bonds is 7. The minimum absolute atomic E-state index is 0.0406. The molecule has 0 aliphatic carbocycles. The van der Waals surface area contributed by atoms with E-state index in [1.54, 1.807) is 11.4 Å². The quantitative estimate of drug-likeness (QED) is 0.747. The number of likely N-dealkylation sites (N-methyl/N-ethyl adjacent to an activating group) is 1. The lowest BCUT2D eigenvalue weighted by atomic mass is 10.2. The Morgan fingerprint density at radius 3 is 2.65 bits per heavy atom. The maximum absolute atomic E-state index is 12.0. The van der Waals surface area contributed by atoms with Crippen LogP contribution in [0.1, 0.15) is 6.92 Å². The van der Waals surface area contributed by atoms with Crippen LogP contribution in [0.4, 0.5) is 0 Å². The van der Waals surface area contributed by atoms with Crippen LogP contribution in [0.15, 0.2) is 21.7 Å². The highest BCUT2D eigenvalue weighted by atomic mass is 32.2. The summed E-state index contributed by atoms with van der Waals surface area (Å²) in [6.45, 7) is 1.06. The fourth-order valence-electron chi connectivity index (χ4n) is 1.26. The summed E-state index contributed by atoms with van der Waals surface area (Å²) in [6, 6.07) is 3.07. The second-order valence-electron chi connectivity index (χ2n) is 4.24. The summed E-state index contributed by atoms with van der Waals surface area (Å²) in [4.78, 5) is 22.2. The molecule has 1 unspecified atom stereocenters. The summed E-state index contributed by atoms with van der Waals surface area (Å²) in [5.74, 6) is -2.29. The Hall–Kier alpha value is -1.45. The van der Waals surface area contributed by atoms with Crippen molar-refractivity contribution in [2.45, 2.75) is 11.1 Å². The van der Waals surface area contributed by atoms with Crippen LogP contribution in [0.25, 0.3) is 0 Å². The Morgan fingerprint density at radius 1 is 1.50 bits per heavy atom. The molecule has 0 spiro atoms. The highest BCUT2D eigenvalue weighted by molar-refractivity contribution is 7.91. The highest BCUT2D eigenvalue weighted by Crippen LogP contribution is 2.19. The van der Waals surface area contributed by atoms with Crippen LogP contribution in [0.2, 0.25) is 0 Å². The van der Waals surface area contributed by atoms with Crippen LogP contribution < -0.4 is 5.32 Å². The van der Waals surface area contributed by atoms with E-state index in [2.05, 4.69) is 5.32 Å². The zero-order chi connectivity index (χ0) is 15.3. The Bertz CT molecular complexity index is 568. The van der Waals surface area contributed by atoms with Crippen molar-refractivity contribution in [1.82, 2.24) is 9.62 Å². The molecule has 0 aliphatic heterocycles. The minimum atomic E-state index is -3.67. The first kappa shape index (κ1) is 16.6. The molecule has 0 radical (unpaired) electrons. The minimum Gasteiger partial charge on any atom is -0.481 e. The number of nitrogens with zero attached hydrogens (tertiary/aromatic N) is 1. The third-order valence-electron chi connectivity index (χ3n) is 2.55. The zero-order valence-corrected chi connectivity index (χ0v) is 12.7. The molecule has 1 amide bonds. The van der Waals surface area contributed by atoms with Crippen molar-refractivity contribution in [2.24, 2.45) is 5.92 Å². The normalized spacial score (nSPS) is 13.2. The van der Waals surface area contributed by atoms with Gasteiger partial charge in [-0.2, -0.15) is 4.31 Å². The van der Waals surface area contributed by atoms with Gasteiger partial charge in [0.2, 0.25) is 5.91 Å². The Morgan fingerprint density at radius 2 is 2.15 bits per heavy atom. The van der Waals surface area contributed by atoms with E-state index in [1.165, 1.54) is 20.0 Å². The third-order valence-corrected chi connectivity index (χ3v) is 5.73. The molecule has 0 saturated carbocycles. The number of carbonyl (C=O) groups is 2. The Labute approximate surface area is 121 Å². The van der Waals surface area contributed by atoms with E-state index >= 15 is 0 Å². The van der Waals surface area contributed by atoms with Gasteiger partial charge in [-0.3, -0.25) is 9.59 Å². The van der Waals surface area contributed by atoms with E-state index in [-0.39, 0.29) is 17.3 Å². The molecule has 1 aromatic rings. The summed E-state index contributed by atoms with van der Waals surface area (Å²) in [7, 11) is -2.37. The van der Waals surface area contributed by atoms with E-state index in [9.17, 15) is 18.0 Å². The van der Waals surface area contributed by atoms with Gasteiger partial charge in [-0.25, -0.2) is 8.42 Å². The molecule has 1 aromatic heterocycles. The molecule has 1 rings (SSSR count). The van der Waals surface area contributed by atoms with E-state index in [0.717, 1.165) is 15.6 Å². The van der Waals surface area contributed by atoms with Gasteiger partial charge in [0.25, 0.3) is 10.0 Å². The van der Waals surface area contributed by atoms with Crippen molar-refractivity contribution < 1.29 is 23.1 Å². The molecule has 1 heterocycles. The van der Waals surface area contributed by atoms with Gasteiger partial charge in [-0.05, 0) is 11.4 Å². The van der Waals surface area contributed by atoms with E-state index in [4.69, 9.17) is 5.11 Å². The molecule has 0 aliphatic rings. The van der Waals surface area contributed by atoms with Gasteiger partial charge in [-0.15, -0.1) is 11.3 Å². The van der Waals surface area contributed by atoms with Crippen LogP contribution in [-0.2, 0) is 19.6 Å². The maximum Gasteiger partial charge on any atom is 0.308 e. The molecule has 1 atom stereocenters. The van der Waals surface area contributed by atoms with Crippen LogP contribution in [0, 0.1) is 5.92 Å². The van der Waals surface area contributed by atoms with E-state index in [1.807, 2.05) is 0 Å². The van der Waals surface area contributed by atoms with Crippen molar-refractivity contribution in [2.75, 3.05) is 20.1 Å². The van der Waals surface area contributed by atoms with Gasteiger partial charge in [0.15, 0.2) is 0 Å². The van der Waals surface area contributed by atoms with E-state index < -0.39 is 27.8 Å². The lowest BCUT2D eigenvalue weighted by Crippen LogP contribution is -2.40. The first-order valence-corrected chi connectivity index (χ1v) is 8.06. The second-order valence-corrected chi connectivity index (χ2v) is 7.46. The van der Waals surface area contributed by atoms with Crippen molar-refractivity contribution in [3.8, 4) is 0 Å². The molecule has 0 aromatic carbocycles. The predicted octanol–water partition coefficient (Wildman–Crippen LogP) is 0.206. The number of carboxylic acid groups (broad SMARTS) is 1. The van der Waals surface area contributed by atoms with Gasteiger partial charge in [0.05, 0.1) is 12.5 Å². The monoisotopic (exact) mass is 320 g/mol. The summed E-state index contributed by atoms with van der Waals surface area (Å²) in [6.07, 6.45) is 0. The number of carboxylic acids is 1. The molecule has 20 heavy (non-hydrogen) atoms. The molecule has 0 fully saturated rings. The summed E-state index contributed by atoms with van der Waals surface area (Å²) in [5, 5.41) is 12.7. The van der Waals surface area contributed by atoms with Crippen LogP contribution in [0.3, 0.4) is 0 Å². The number of sulfonamides is 1. The predicted molar refractivity (Wildman–Crippen MR) is 73.9 cm³/mol. The highest BCUT2D eigenvalue weighted by Gasteiger charge is 2.24. The molecular formula is C11H16N2O5S2. The maximum atomic E-state index is 12.0. The van der Waals surface area contributed by atoms with Gasteiger partial charge < -0.3 is 10.4 Å². The van der Waals surface area contributed by atoms with Crippen molar-refractivity contribution in [3.63, 3.8) is 0 Å².